The van der Waals surface area contributed by atoms with E-state index >= 15 is 0 Å². The van der Waals surface area contributed by atoms with Gasteiger partial charge in [0.15, 0.2) is 0 Å². The molecule has 0 fully saturated rings. The summed E-state index contributed by atoms with van der Waals surface area (Å²) in [5.74, 6) is 0.531. The summed E-state index contributed by atoms with van der Waals surface area (Å²) in [6, 6.07) is 1.61. The minimum atomic E-state index is 0.405. The highest BCUT2D eigenvalue weighted by molar-refractivity contribution is 6.29. The number of halogens is 1. The zero-order valence-corrected chi connectivity index (χ0v) is 9.16. The highest BCUT2D eigenvalue weighted by Crippen LogP contribution is 2.10. The van der Waals surface area contributed by atoms with Gasteiger partial charge in [-0.05, 0) is 20.5 Å². The molecule has 1 aromatic rings. The molecule has 0 unspecified atom stereocenters. The van der Waals surface area contributed by atoms with E-state index in [1.807, 2.05) is 14.1 Å². The predicted molar refractivity (Wildman–Crippen MR) is 55.7 cm³/mol. The van der Waals surface area contributed by atoms with E-state index in [0.717, 1.165) is 13.0 Å². The molecule has 0 bridgehead atoms. The maximum absolute atomic E-state index is 5.67. The molecule has 4 nitrogen and oxygen atoms in total. The quantitative estimate of drug-likeness (QED) is 0.551. The summed E-state index contributed by atoms with van der Waals surface area (Å²) >= 11 is 5.67. The molecule has 0 aromatic carbocycles. The molecule has 5 heteroatoms. The first-order valence-corrected chi connectivity index (χ1v) is 4.81. The molecule has 0 aliphatic rings. The fourth-order valence-corrected chi connectivity index (χ4v) is 1.09. The third kappa shape index (κ3) is 4.39. The Morgan fingerprint density at radius 3 is 2.86 bits per heavy atom. The molecule has 1 rings (SSSR count). The van der Waals surface area contributed by atoms with Crippen molar-refractivity contribution in [2.24, 2.45) is 0 Å². The van der Waals surface area contributed by atoms with Crippen LogP contribution in [0.1, 0.15) is 6.42 Å². The van der Waals surface area contributed by atoms with E-state index in [-0.39, 0.29) is 0 Å². The first-order valence-electron chi connectivity index (χ1n) is 4.43. The van der Waals surface area contributed by atoms with Gasteiger partial charge < -0.3 is 9.64 Å². The largest absolute Gasteiger partial charge is 0.477 e. The highest BCUT2D eigenvalue weighted by Gasteiger charge is 1.97. The van der Waals surface area contributed by atoms with Crippen LogP contribution in [0.25, 0.3) is 0 Å². The van der Waals surface area contributed by atoms with Gasteiger partial charge in [-0.2, -0.15) is 0 Å². The van der Waals surface area contributed by atoms with Gasteiger partial charge in [-0.25, -0.2) is 9.97 Å². The maximum atomic E-state index is 5.67. The number of hydrogen-bond donors (Lipinski definition) is 0. The number of ether oxygens (including phenoxy) is 1. The molecule has 0 spiro atoms. The van der Waals surface area contributed by atoms with Gasteiger partial charge in [0.05, 0.1) is 6.61 Å². The van der Waals surface area contributed by atoms with Crippen molar-refractivity contribution >= 4 is 11.6 Å². The maximum Gasteiger partial charge on any atom is 0.217 e. The number of nitrogens with zero attached hydrogens (tertiary/aromatic N) is 3. The van der Waals surface area contributed by atoms with Crippen LogP contribution in [0.15, 0.2) is 12.4 Å². The minimum absolute atomic E-state index is 0.405. The zero-order chi connectivity index (χ0) is 10.4. The van der Waals surface area contributed by atoms with Crippen LogP contribution in [0.3, 0.4) is 0 Å². The van der Waals surface area contributed by atoms with E-state index in [9.17, 15) is 0 Å². The molecule has 0 amide bonds. The summed E-state index contributed by atoms with van der Waals surface area (Å²) in [6.07, 6.45) is 2.36. The van der Waals surface area contributed by atoms with Gasteiger partial charge >= 0.3 is 0 Å². The minimum Gasteiger partial charge on any atom is -0.477 e. The van der Waals surface area contributed by atoms with E-state index in [1.165, 1.54) is 6.33 Å². The summed E-state index contributed by atoms with van der Waals surface area (Å²) in [5.41, 5.74) is 0. The molecule has 0 N–H and O–H groups in total. The number of hydrogen-bond acceptors (Lipinski definition) is 4. The van der Waals surface area contributed by atoms with Crippen LogP contribution in [0.2, 0.25) is 5.15 Å². The number of rotatable bonds is 5. The molecule has 0 saturated heterocycles. The van der Waals surface area contributed by atoms with Gasteiger partial charge in [-0.15, -0.1) is 0 Å². The van der Waals surface area contributed by atoms with Crippen LogP contribution >= 0.6 is 11.6 Å². The molecule has 78 valence electrons. The van der Waals surface area contributed by atoms with Crippen LogP contribution in [0, 0.1) is 0 Å². The van der Waals surface area contributed by atoms with Gasteiger partial charge in [0.2, 0.25) is 5.88 Å². The average molecular weight is 216 g/mol. The van der Waals surface area contributed by atoms with Crippen LogP contribution in [0.4, 0.5) is 0 Å². The van der Waals surface area contributed by atoms with Crippen molar-refractivity contribution in [1.29, 1.82) is 0 Å². The van der Waals surface area contributed by atoms with E-state index in [4.69, 9.17) is 16.3 Å². The Morgan fingerprint density at radius 1 is 1.43 bits per heavy atom. The molecule has 1 heterocycles. The lowest BCUT2D eigenvalue weighted by atomic mass is 10.4. The summed E-state index contributed by atoms with van der Waals surface area (Å²) in [4.78, 5) is 9.79. The second kappa shape index (κ2) is 5.78. The van der Waals surface area contributed by atoms with Crippen LogP contribution in [0.5, 0.6) is 5.88 Å². The van der Waals surface area contributed by atoms with Crippen molar-refractivity contribution in [3.8, 4) is 5.88 Å². The molecule has 1 aromatic heterocycles. The van der Waals surface area contributed by atoms with Crippen molar-refractivity contribution in [2.45, 2.75) is 6.42 Å². The molecular weight excluding hydrogens is 202 g/mol. The second-order valence-corrected chi connectivity index (χ2v) is 3.57. The summed E-state index contributed by atoms with van der Waals surface area (Å²) < 4.78 is 5.38. The van der Waals surface area contributed by atoms with Crippen LogP contribution < -0.4 is 4.74 Å². The number of aromatic nitrogens is 2. The summed E-state index contributed by atoms with van der Waals surface area (Å²) in [5, 5.41) is 0.405. The van der Waals surface area contributed by atoms with Crippen molar-refractivity contribution < 1.29 is 4.74 Å². The Bertz CT molecular complexity index is 281. The van der Waals surface area contributed by atoms with Gasteiger partial charge in [0.25, 0.3) is 0 Å². The van der Waals surface area contributed by atoms with Gasteiger partial charge in [0, 0.05) is 12.6 Å². The van der Waals surface area contributed by atoms with E-state index in [0.29, 0.717) is 17.6 Å². The van der Waals surface area contributed by atoms with Gasteiger partial charge in [-0.3, -0.25) is 0 Å². The first kappa shape index (κ1) is 11.2. The van der Waals surface area contributed by atoms with Crippen LogP contribution in [-0.2, 0) is 0 Å². The van der Waals surface area contributed by atoms with E-state index in [2.05, 4.69) is 14.9 Å². The molecule has 0 aliphatic heterocycles. The average Bonchev–Trinajstić information content (AvgIpc) is 2.12. The lowest BCUT2D eigenvalue weighted by Gasteiger charge is -2.09. The third-order valence-corrected chi connectivity index (χ3v) is 1.81. The Labute approximate surface area is 88.9 Å². The van der Waals surface area contributed by atoms with E-state index in [1.54, 1.807) is 6.07 Å². The zero-order valence-electron chi connectivity index (χ0n) is 8.40. The highest BCUT2D eigenvalue weighted by atomic mass is 35.5. The molecule has 0 atom stereocenters. The third-order valence-electron chi connectivity index (χ3n) is 1.61. The smallest absolute Gasteiger partial charge is 0.217 e. The van der Waals surface area contributed by atoms with E-state index < -0.39 is 0 Å². The molecule has 0 radical (unpaired) electrons. The summed E-state index contributed by atoms with van der Waals surface area (Å²) in [6.45, 7) is 1.64. The Balaban J connectivity index is 2.25. The standard InChI is InChI=1S/C9H14ClN3O/c1-13(2)4-3-5-14-9-6-8(10)11-7-12-9/h6-7H,3-5H2,1-2H3. The van der Waals surface area contributed by atoms with Gasteiger partial charge in [-0.1, -0.05) is 11.6 Å². The summed E-state index contributed by atoms with van der Waals surface area (Å²) in [7, 11) is 4.06. The van der Waals surface area contributed by atoms with Crippen molar-refractivity contribution in [1.82, 2.24) is 14.9 Å². The Kier molecular flexibility index (Phi) is 4.62. The molecule has 0 saturated carbocycles. The SMILES string of the molecule is CN(C)CCCOc1cc(Cl)ncn1. The van der Waals surface area contributed by atoms with Crippen LogP contribution in [-0.4, -0.2) is 42.1 Å². The second-order valence-electron chi connectivity index (χ2n) is 3.18. The monoisotopic (exact) mass is 215 g/mol. The lowest BCUT2D eigenvalue weighted by molar-refractivity contribution is 0.273. The van der Waals surface area contributed by atoms with Crippen molar-refractivity contribution in [2.75, 3.05) is 27.2 Å². The van der Waals surface area contributed by atoms with Crippen molar-refractivity contribution in [3.63, 3.8) is 0 Å². The normalized spacial score (nSPS) is 10.6. The first-order chi connectivity index (χ1) is 6.68. The molecule has 0 aliphatic carbocycles. The lowest BCUT2D eigenvalue weighted by Crippen LogP contribution is -2.15. The molecular formula is C9H14ClN3O. The Hall–Kier alpha value is -0.870. The van der Waals surface area contributed by atoms with Gasteiger partial charge in [0.1, 0.15) is 11.5 Å². The van der Waals surface area contributed by atoms with Crippen molar-refractivity contribution in [3.05, 3.63) is 17.5 Å². The fraction of sp³-hybridized carbons (Fsp3) is 0.556. The Morgan fingerprint density at radius 2 is 2.21 bits per heavy atom. The fourth-order valence-electron chi connectivity index (χ4n) is 0.954. The predicted octanol–water partition coefficient (Wildman–Crippen LogP) is 1.46. The topological polar surface area (TPSA) is 38.2 Å². The molecule has 14 heavy (non-hydrogen) atoms.